The Kier molecular flexibility index (Phi) is 5.28. The molecule has 0 aromatic heterocycles. The molecule has 5 heteroatoms. The van der Waals surface area contributed by atoms with Gasteiger partial charge in [0.15, 0.2) is 5.66 Å². The molecule has 168 valence electrons. The average Bonchev–Trinajstić information content (AvgIpc) is 3.33. The molecule has 3 aromatic carbocycles. The Morgan fingerprint density at radius 1 is 1.00 bits per heavy atom. The van der Waals surface area contributed by atoms with Gasteiger partial charge in [0.25, 0.3) is 11.8 Å². The number of halogens is 1. The molecule has 0 bridgehead atoms. The molecule has 0 aliphatic carbocycles. The number of hydrogen-bond donors (Lipinski definition) is 0. The van der Waals surface area contributed by atoms with Crippen molar-refractivity contribution in [1.29, 1.82) is 0 Å². The van der Waals surface area contributed by atoms with E-state index in [1.807, 2.05) is 48.2 Å². The molecule has 0 spiro atoms. The van der Waals surface area contributed by atoms with Crippen LogP contribution < -0.4 is 0 Å². The van der Waals surface area contributed by atoms with Crippen LogP contribution in [-0.4, -0.2) is 34.7 Å². The van der Waals surface area contributed by atoms with E-state index >= 15 is 0 Å². The number of unbranched alkanes of at least 4 members (excludes halogenated alkanes) is 1. The number of carbonyl (C=O) groups is 2. The SMILES string of the molecule is CCCCc1ccc2c(c1)C1(c3ccc(C)cc3)N(C(=O)c3ccc(F)cc3)CCN1C2=O. The van der Waals surface area contributed by atoms with Gasteiger partial charge in [-0.05, 0) is 55.7 Å². The van der Waals surface area contributed by atoms with Gasteiger partial charge in [0.05, 0.1) is 0 Å². The van der Waals surface area contributed by atoms with Gasteiger partial charge in [-0.3, -0.25) is 9.59 Å². The zero-order valence-corrected chi connectivity index (χ0v) is 19.0. The van der Waals surface area contributed by atoms with Crippen LogP contribution in [0.25, 0.3) is 0 Å². The first kappa shape index (κ1) is 21.4. The number of aryl methyl sites for hydroxylation is 2. The van der Waals surface area contributed by atoms with Gasteiger partial charge in [-0.25, -0.2) is 4.39 Å². The number of rotatable bonds is 5. The predicted octanol–water partition coefficient (Wildman–Crippen LogP) is 5.29. The summed E-state index contributed by atoms with van der Waals surface area (Å²) in [6.45, 7) is 5.03. The Bertz CT molecular complexity index is 1220. The average molecular weight is 443 g/mol. The summed E-state index contributed by atoms with van der Waals surface area (Å²) in [5.74, 6) is -0.649. The van der Waals surface area contributed by atoms with Crippen molar-refractivity contribution < 1.29 is 14.0 Å². The molecule has 1 fully saturated rings. The number of fused-ring (bicyclic) bond motifs is 3. The standard InChI is InChI=1S/C28H27FN2O2/c1-3-4-5-20-8-15-24-25(18-20)28(22-11-6-19(2)7-12-22)30(16-17-31(28)27(24)33)26(32)21-9-13-23(29)14-10-21/h6-15,18H,3-5,16-17H2,1-2H3. The van der Waals surface area contributed by atoms with Gasteiger partial charge >= 0.3 is 0 Å². The summed E-state index contributed by atoms with van der Waals surface area (Å²) in [4.78, 5) is 30.9. The number of benzene rings is 3. The molecule has 2 amide bonds. The van der Waals surface area contributed by atoms with Crippen molar-refractivity contribution in [3.63, 3.8) is 0 Å². The molecule has 2 aliphatic rings. The second kappa shape index (κ2) is 8.14. The minimum Gasteiger partial charge on any atom is -0.306 e. The highest BCUT2D eigenvalue weighted by atomic mass is 19.1. The Morgan fingerprint density at radius 2 is 1.73 bits per heavy atom. The molecule has 2 heterocycles. The number of amides is 2. The van der Waals surface area contributed by atoms with E-state index in [-0.39, 0.29) is 17.6 Å². The Hall–Kier alpha value is -3.47. The van der Waals surface area contributed by atoms with Gasteiger partial charge in [-0.2, -0.15) is 0 Å². The van der Waals surface area contributed by atoms with E-state index < -0.39 is 5.66 Å². The zero-order chi connectivity index (χ0) is 23.2. The Morgan fingerprint density at radius 3 is 2.42 bits per heavy atom. The third kappa shape index (κ3) is 3.26. The molecule has 5 rings (SSSR count). The second-order valence-corrected chi connectivity index (χ2v) is 8.94. The summed E-state index contributed by atoms with van der Waals surface area (Å²) in [7, 11) is 0. The third-order valence-corrected chi connectivity index (χ3v) is 6.87. The van der Waals surface area contributed by atoms with E-state index in [4.69, 9.17) is 0 Å². The van der Waals surface area contributed by atoms with Gasteiger partial charge < -0.3 is 9.80 Å². The monoisotopic (exact) mass is 442 g/mol. The van der Waals surface area contributed by atoms with Crippen LogP contribution in [0.15, 0.2) is 66.7 Å². The van der Waals surface area contributed by atoms with Crippen molar-refractivity contribution >= 4 is 11.8 Å². The number of carbonyl (C=O) groups excluding carboxylic acids is 2. The Balaban J connectivity index is 1.72. The van der Waals surface area contributed by atoms with Crippen LogP contribution in [0, 0.1) is 12.7 Å². The maximum Gasteiger partial charge on any atom is 0.256 e. The first-order valence-electron chi connectivity index (χ1n) is 11.6. The molecular formula is C28H27FN2O2. The molecule has 0 N–H and O–H groups in total. The fourth-order valence-corrected chi connectivity index (χ4v) is 5.21. The minimum absolute atomic E-state index is 0.0537. The first-order valence-corrected chi connectivity index (χ1v) is 11.6. The summed E-state index contributed by atoms with van der Waals surface area (Å²) in [5, 5.41) is 0. The molecule has 0 saturated carbocycles. The number of hydrogen-bond acceptors (Lipinski definition) is 2. The largest absolute Gasteiger partial charge is 0.306 e. The summed E-state index contributed by atoms with van der Waals surface area (Å²) >= 11 is 0. The van der Waals surface area contributed by atoms with E-state index in [9.17, 15) is 14.0 Å². The highest BCUT2D eigenvalue weighted by molar-refractivity contribution is 6.04. The number of nitrogens with zero attached hydrogens (tertiary/aromatic N) is 2. The maximum absolute atomic E-state index is 13.8. The fourth-order valence-electron chi connectivity index (χ4n) is 5.21. The van der Waals surface area contributed by atoms with Crippen LogP contribution in [0.4, 0.5) is 4.39 Å². The molecule has 0 radical (unpaired) electrons. The predicted molar refractivity (Wildman–Crippen MR) is 125 cm³/mol. The van der Waals surface area contributed by atoms with Gasteiger partial charge in [0, 0.05) is 35.3 Å². The highest BCUT2D eigenvalue weighted by Gasteiger charge is 2.59. The molecule has 2 aliphatic heterocycles. The van der Waals surface area contributed by atoms with E-state index in [1.165, 1.54) is 24.3 Å². The van der Waals surface area contributed by atoms with Crippen LogP contribution in [0.3, 0.4) is 0 Å². The maximum atomic E-state index is 13.8. The van der Waals surface area contributed by atoms with Crippen LogP contribution in [0.5, 0.6) is 0 Å². The molecule has 33 heavy (non-hydrogen) atoms. The van der Waals surface area contributed by atoms with Crippen molar-refractivity contribution in [2.75, 3.05) is 13.1 Å². The highest BCUT2D eigenvalue weighted by Crippen LogP contribution is 2.50. The lowest BCUT2D eigenvalue weighted by Crippen LogP contribution is -2.51. The van der Waals surface area contributed by atoms with Crippen LogP contribution >= 0.6 is 0 Å². The van der Waals surface area contributed by atoms with E-state index in [0.29, 0.717) is 24.2 Å². The van der Waals surface area contributed by atoms with E-state index in [1.54, 1.807) is 4.90 Å². The molecule has 1 saturated heterocycles. The van der Waals surface area contributed by atoms with Crippen LogP contribution in [-0.2, 0) is 12.1 Å². The van der Waals surface area contributed by atoms with Gasteiger partial charge in [0.2, 0.25) is 0 Å². The lowest BCUT2D eigenvalue weighted by atomic mass is 9.87. The lowest BCUT2D eigenvalue weighted by Gasteiger charge is -2.40. The van der Waals surface area contributed by atoms with Crippen molar-refractivity contribution in [2.45, 2.75) is 38.8 Å². The van der Waals surface area contributed by atoms with Crippen molar-refractivity contribution in [1.82, 2.24) is 9.80 Å². The van der Waals surface area contributed by atoms with E-state index in [0.717, 1.165) is 41.5 Å². The van der Waals surface area contributed by atoms with Crippen LogP contribution in [0.1, 0.15) is 62.7 Å². The van der Waals surface area contributed by atoms with Crippen molar-refractivity contribution in [2.24, 2.45) is 0 Å². The quantitative estimate of drug-likeness (QED) is 0.539. The zero-order valence-electron chi connectivity index (χ0n) is 19.0. The summed E-state index contributed by atoms with van der Waals surface area (Å²) in [6.07, 6.45) is 3.07. The summed E-state index contributed by atoms with van der Waals surface area (Å²) in [5.41, 5.74) is 4.07. The molecule has 4 nitrogen and oxygen atoms in total. The Labute approximate surface area is 193 Å². The topological polar surface area (TPSA) is 40.6 Å². The molecule has 3 aromatic rings. The van der Waals surface area contributed by atoms with E-state index in [2.05, 4.69) is 13.0 Å². The summed E-state index contributed by atoms with van der Waals surface area (Å²) < 4.78 is 13.5. The van der Waals surface area contributed by atoms with Crippen LogP contribution in [0.2, 0.25) is 0 Å². The van der Waals surface area contributed by atoms with Gasteiger partial charge in [-0.15, -0.1) is 0 Å². The third-order valence-electron chi connectivity index (χ3n) is 6.87. The molecule has 1 atom stereocenters. The minimum atomic E-state index is -1.01. The lowest BCUT2D eigenvalue weighted by molar-refractivity contribution is 0.0375. The van der Waals surface area contributed by atoms with Crippen molar-refractivity contribution in [3.8, 4) is 0 Å². The molecule has 1 unspecified atom stereocenters. The van der Waals surface area contributed by atoms with Gasteiger partial charge in [0.1, 0.15) is 5.82 Å². The normalized spacial score (nSPS) is 19.1. The first-order chi connectivity index (χ1) is 16.0. The smallest absolute Gasteiger partial charge is 0.256 e. The van der Waals surface area contributed by atoms with Crippen molar-refractivity contribution in [3.05, 3.63) is 106 Å². The summed E-state index contributed by atoms with van der Waals surface area (Å²) in [6, 6.07) is 19.7. The van der Waals surface area contributed by atoms with Gasteiger partial charge in [-0.1, -0.05) is 55.3 Å². The second-order valence-electron chi connectivity index (χ2n) is 8.94. The molecular weight excluding hydrogens is 415 g/mol. The fraction of sp³-hybridized carbons (Fsp3) is 0.286.